The zero-order chi connectivity index (χ0) is 10.7. The lowest BCUT2D eigenvalue weighted by atomic mass is 10.1. The molecule has 0 saturated heterocycles. The normalized spacial score (nSPS) is 9.93. The smallest absolute Gasteiger partial charge is 0.146 e. The summed E-state index contributed by atoms with van der Waals surface area (Å²) in [4.78, 5) is 0. The molecule has 0 aliphatic heterocycles. The van der Waals surface area contributed by atoms with Crippen molar-refractivity contribution in [1.82, 2.24) is 10.2 Å². The maximum absolute atomic E-state index is 5.47. The van der Waals surface area contributed by atoms with Gasteiger partial charge in [-0.1, -0.05) is 12.1 Å². The highest BCUT2D eigenvalue weighted by Gasteiger charge is 2.05. The predicted octanol–water partition coefficient (Wildman–Crippen LogP) is 1.73. The summed E-state index contributed by atoms with van der Waals surface area (Å²) in [6, 6.07) is 11.2. The molecular weight excluding hydrogens is 190 g/mol. The molecule has 0 amide bonds. The van der Waals surface area contributed by atoms with Gasteiger partial charge in [0.1, 0.15) is 11.6 Å². The number of nitrogens with zero attached hydrogens (tertiary/aromatic N) is 2. The Kier molecular flexibility index (Phi) is 2.49. The monoisotopic (exact) mass is 201 g/mol. The number of hydrogen-bond donors (Lipinski definition) is 1. The van der Waals surface area contributed by atoms with Crippen molar-refractivity contribution in [3.05, 3.63) is 36.4 Å². The van der Waals surface area contributed by atoms with E-state index in [2.05, 4.69) is 10.2 Å². The molecule has 1 heterocycles. The van der Waals surface area contributed by atoms with Crippen LogP contribution >= 0.6 is 0 Å². The minimum absolute atomic E-state index is 0.411. The van der Waals surface area contributed by atoms with Crippen molar-refractivity contribution in [2.45, 2.75) is 0 Å². The molecule has 0 aliphatic carbocycles. The summed E-state index contributed by atoms with van der Waals surface area (Å²) < 4.78 is 5.23. The Morgan fingerprint density at radius 2 is 1.87 bits per heavy atom. The third-order valence-electron chi connectivity index (χ3n) is 2.07. The Balaban J connectivity index is 2.49. The second-order valence-corrected chi connectivity index (χ2v) is 3.04. The van der Waals surface area contributed by atoms with E-state index in [1.807, 2.05) is 30.3 Å². The summed E-state index contributed by atoms with van der Waals surface area (Å²) in [5.74, 6) is 1.19. The molecule has 4 heteroatoms. The first-order valence-electron chi connectivity index (χ1n) is 4.54. The molecule has 2 aromatic rings. The highest BCUT2D eigenvalue weighted by Crippen LogP contribution is 2.27. The number of benzene rings is 1. The fraction of sp³-hybridized carbons (Fsp3) is 0.0909. The van der Waals surface area contributed by atoms with Gasteiger partial charge in [-0.15, -0.1) is 10.2 Å². The molecule has 0 radical (unpaired) electrons. The van der Waals surface area contributed by atoms with Crippen molar-refractivity contribution in [1.29, 1.82) is 0 Å². The fourth-order valence-electron chi connectivity index (χ4n) is 1.34. The molecule has 0 aliphatic rings. The van der Waals surface area contributed by atoms with E-state index in [0.717, 1.165) is 17.0 Å². The van der Waals surface area contributed by atoms with Crippen LogP contribution in [-0.4, -0.2) is 17.3 Å². The second kappa shape index (κ2) is 3.96. The summed E-state index contributed by atoms with van der Waals surface area (Å²) in [5.41, 5.74) is 7.13. The molecule has 1 aromatic heterocycles. The Morgan fingerprint density at radius 3 is 2.53 bits per heavy atom. The van der Waals surface area contributed by atoms with Crippen LogP contribution in [0.4, 0.5) is 5.82 Å². The van der Waals surface area contributed by atoms with E-state index in [1.165, 1.54) is 0 Å². The van der Waals surface area contributed by atoms with Crippen molar-refractivity contribution in [3.8, 4) is 17.0 Å². The number of anilines is 1. The van der Waals surface area contributed by atoms with E-state index in [9.17, 15) is 0 Å². The van der Waals surface area contributed by atoms with Gasteiger partial charge in [0.15, 0.2) is 0 Å². The van der Waals surface area contributed by atoms with Gasteiger partial charge in [0.2, 0.25) is 0 Å². The van der Waals surface area contributed by atoms with E-state index in [-0.39, 0.29) is 0 Å². The lowest BCUT2D eigenvalue weighted by Crippen LogP contribution is -1.95. The van der Waals surface area contributed by atoms with Crippen molar-refractivity contribution in [2.24, 2.45) is 0 Å². The van der Waals surface area contributed by atoms with Gasteiger partial charge >= 0.3 is 0 Å². The Labute approximate surface area is 87.7 Å². The zero-order valence-corrected chi connectivity index (χ0v) is 8.34. The average Bonchev–Trinajstić information content (AvgIpc) is 2.30. The van der Waals surface area contributed by atoms with Crippen LogP contribution in [0.15, 0.2) is 36.4 Å². The van der Waals surface area contributed by atoms with Crippen molar-refractivity contribution >= 4 is 5.82 Å². The Morgan fingerprint density at radius 1 is 1.07 bits per heavy atom. The Hall–Kier alpha value is -2.10. The van der Waals surface area contributed by atoms with Crippen LogP contribution in [0, 0.1) is 0 Å². The van der Waals surface area contributed by atoms with Crippen LogP contribution in [0.3, 0.4) is 0 Å². The maximum Gasteiger partial charge on any atom is 0.146 e. The molecule has 0 spiro atoms. The third-order valence-corrected chi connectivity index (χ3v) is 2.07. The fourth-order valence-corrected chi connectivity index (χ4v) is 1.34. The molecule has 0 saturated carbocycles. The number of rotatable bonds is 2. The van der Waals surface area contributed by atoms with Crippen LogP contribution in [0.25, 0.3) is 11.3 Å². The van der Waals surface area contributed by atoms with E-state index >= 15 is 0 Å². The van der Waals surface area contributed by atoms with Crippen molar-refractivity contribution in [2.75, 3.05) is 12.8 Å². The number of hydrogen-bond acceptors (Lipinski definition) is 4. The summed E-state index contributed by atoms with van der Waals surface area (Å²) in [5, 5.41) is 7.81. The first-order chi connectivity index (χ1) is 7.31. The summed E-state index contributed by atoms with van der Waals surface area (Å²) in [6.07, 6.45) is 0. The van der Waals surface area contributed by atoms with Gasteiger partial charge < -0.3 is 10.5 Å². The lowest BCUT2D eigenvalue weighted by molar-refractivity contribution is 0.416. The van der Waals surface area contributed by atoms with Gasteiger partial charge in [0.25, 0.3) is 0 Å². The highest BCUT2D eigenvalue weighted by molar-refractivity contribution is 5.66. The van der Waals surface area contributed by atoms with Crippen LogP contribution in [0.2, 0.25) is 0 Å². The van der Waals surface area contributed by atoms with Crippen LogP contribution < -0.4 is 10.5 Å². The molecule has 2 N–H and O–H groups in total. The third kappa shape index (κ3) is 1.88. The maximum atomic E-state index is 5.47. The van der Waals surface area contributed by atoms with E-state index in [0.29, 0.717) is 5.82 Å². The number of nitrogens with two attached hydrogens (primary N) is 1. The Bertz CT molecular complexity index is 454. The molecule has 1 aromatic carbocycles. The molecule has 15 heavy (non-hydrogen) atoms. The largest absolute Gasteiger partial charge is 0.496 e. The minimum atomic E-state index is 0.411. The SMILES string of the molecule is COc1ccccc1-c1ccc(N)nn1. The summed E-state index contributed by atoms with van der Waals surface area (Å²) in [6.45, 7) is 0. The zero-order valence-electron chi connectivity index (χ0n) is 8.34. The standard InChI is InChI=1S/C11H11N3O/c1-15-10-5-3-2-4-8(10)9-6-7-11(12)14-13-9/h2-7H,1H3,(H2,12,14). The van der Waals surface area contributed by atoms with Gasteiger partial charge in [-0.3, -0.25) is 0 Å². The summed E-state index contributed by atoms with van der Waals surface area (Å²) in [7, 11) is 1.63. The van der Waals surface area contributed by atoms with Gasteiger partial charge in [-0.25, -0.2) is 0 Å². The van der Waals surface area contributed by atoms with Gasteiger partial charge in [0.05, 0.1) is 12.8 Å². The highest BCUT2D eigenvalue weighted by atomic mass is 16.5. The topological polar surface area (TPSA) is 61.0 Å². The predicted molar refractivity (Wildman–Crippen MR) is 58.4 cm³/mol. The number of para-hydroxylation sites is 1. The average molecular weight is 201 g/mol. The van der Waals surface area contributed by atoms with Gasteiger partial charge in [-0.05, 0) is 24.3 Å². The van der Waals surface area contributed by atoms with Crippen molar-refractivity contribution in [3.63, 3.8) is 0 Å². The lowest BCUT2D eigenvalue weighted by Gasteiger charge is -2.06. The molecular formula is C11H11N3O. The quantitative estimate of drug-likeness (QED) is 0.803. The van der Waals surface area contributed by atoms with Crippen LogP contribution in [0.1, 0.15) is 0 Å². The van der Waals surface area contributed by atoms with Gasteiger partial charge in [-0.2, -0.15) is 0 Å². The number of aromatic nitrogens is 2. The number of ether oxygens (including phenoxy) is 1. The first kappa shape index (κ1) is 9.45. The van der Waals surface area contributed by atoms with Gasteiger partial charge in [0, 0.05) is 5.56 Å². The molecule has 0 bridgehead atoms. The minimum Gasteiger partial charge on any atom is -0.496 e. The molecule has 0 unspecified atom stereocenters. The molecule has 4 nitrogen and oxygen atoms in total. The number of nitrogen functional groups attached to an aromatic ring is 1. The molecule has 2 rings (SSSR count). The van der Waals surface area contributed by atoms with Crippen LogP contribution in [-0.2, 0) is 0 Å². The second-order valence-electron chi connectivity index (χ2n) is 3.04. The van der Waals surface area contributed by atoms with E-state index < -0.39 is 0 Å². The first-order valence-corrected chi connectivity index (χ1v) is 4.54. The van der Waals surface area contributed by atoms with Crippen LogP contribution in [0.5, 0.6) is 5.75 Å². The molecule has 76 valence electrons. The van der Waals surface area contributed by atoms with E-state index in [4.69, 9.17) is 10.5 Å². The molecule has 0 atom stereocenters. The summed E-state index contributed by atoms with van der Waals surface area (Å²) >= 11 is 0. The van der Waals surface area contributed by atoms with E-state index in [1.54, 1.807) is 13.2 Å². The number of methoxy groups -OCH3 is 1. The molecule has 0 fully saturated rings. The van der Waals surface area contributed by atoms with Crippen molar-refractivity contribution < 1.29 is 4.74 Å².